The van der Waals surface area contributed by atoms with E-state index >= 15 is 0 Å². The molecule has 0 saturated carbocycles. The van der Waals surface area contributed by atoms with Crippen molar-refractivity contribution in [2.45, 2.75) is 44.6 Å². The molecule has 1 aliphatic rings. The lowest BCUT2D eigenvalue weighted by Gasteiger charge is -2.47. The van der Waals surface area contributed by atoms with Crippen molar-refractivity contribution in [1.82, 2.24) is 4.90 Å². The molecule has 1 aliphatic heterocycles. The van der Waals surface area contributed by atoms with Crippen molar-refractivity contribution in [3.63, 3.8) is 0 Å². The fourth-order valence-electron chi connectivity index (χ4n) is 2.66. The van der Waals surface area contributed by atoms with Gasteiger partial charge in [-0.15, -0.1) is 0 Å². The van der Waals surface area contributed by atoms with Gasteiger partial charge in [-0.1, -0.05) is 12.1 Å². The van der Waals surface area contributed by atoms with E-state index in [9.17, 15) is 18.0 Å². The molecule has 1 fully saturated rings. The van der Waals surface area contributed by atoms with Crippen LogP contribution < -0.4 is 4.74 Å². The lowest BCUT2D eigenvalue weighted by atomic mass is 9.94. The molecule has 1 saturated heterocycles. The van der Waals surface area contributed by atoms with Gasteiger partial charge in [-0.3, -0.25) is 4.79 Å². The lowest BCUT2D eigenvalue weighted by Crippen LogP contribution is -2.61. The molecule has 0 radical (unpaired) electrons. The predicted molar refractivity (Wildman–Crippen MR) is 73.3 cm³/mol. The Labute approximate surface area is 126 Å². The van der Waals surface area contributed by atoms with Gasteiger partial charge >= 0.3 is 6.18 Å². The van der Waals surface area contributed by atoms with Crippen LogP contribution in [0.4, 0.5) is 13.2 Å². The average Bonchev–Trinajstić information content (AvgIpc) is 2.43. The highest BCUT2D eigenvalue weighted by atomic mass is 19.4. The van der Waals surface area contributed by atoms with Crippen molar-refractivity contribution in [3.05, 3.63) is 29.8 Å². The van der Waals surface area contributed by atoms with E-state index in [1.54, 1.807) is 0 Å². The van der Waals surface area contributed by atoms with E-state index in [2.05, 4.69) is 0 Å². The number of hydrogen-bond donors (Lipinski definition) is 1. The van der Waals surface area contributed by atoms with Gasteiger partial charge in [0.25, 0.3) is 5.91 Å². The van der Waals surface area contributed by atoms with Gasteiger partial charge in [0.05, 0.1) is 18.2 Å². The zero-order chi connectivity index (χ0) is 16.5. The Morgan fingerprint density at radius 1 is 1.45 bits per heavy atom. The molecular weight excluding hydrogens is 299 g/mol. The molecule has 1 aromatic rings. The van der Waals surface area contributed by atoms with Crippen LogP contribution in [0.5, 0.6) is 5.75 Å². The molecule has 122 valence electrons. The third-order valence-corrected chi connectivity index (χ3v) is 3.79. The van der Waals surface area contributed by atoms with Gasteiger partial charge in [-0.2, -0.15) is 13.2 Å². The van der Waals surface area contributed by atoms with E-state index in [0.29, 0.717) is 6.42 Å². The molecule has 1 amide bonds. The van der Waals surface area contributed by atoms with Gasteiger partial charge in [-0.25, -0.2) is 0 Å². The normalized spacial score (nSPS) is 22.9. The fourth-order valence-corrected chi connectivity index (χ4v) is 2.66. The molecule has 3 atom stereocenters. The molecule has 0 aromatic heterocycles. The second-order valence-electron chi connectivity index (χ2n) is 5.42. The minimum absolute atomic E-state index is 0.0476. The number of aliphatic hydroxyl groups is 1. The van der Waals surface area contributed by atoms with E-state index in [1.807, 2.05) is 6.92 Å². The van der Waals surface area contributed by atoms with E-state index in [-0.39, 0.29) is 24.4 Å². The molecule has 2 rings (SSSR count). The van der Waals surface area contributed by atoms with Crippen molar-refractivity contribution >= 4 is 5.91 Å². The number of ether oxygens (including phenoxy) is 1. The third-order valence-electron chi connectivity index (χ3n) is 3.79. The number of hydrogen-bond acceptors (Lipinski definition) is 3. The Morgan fingerprint density at radius 3 is 2.64 bits per heavy atom. The Bertz CT molecular complexity index is 547. The molecule has 22 heavy (non-hydrogen) atoms. The first-order valence-corrected chi connectivity index (χ1v) is 7.01. The van der Waals surface area contributed by atoms with Gasteiger partial charge in [0, 0.05) is 6.04 Å². The summed E-state index contributed by atoms with van der Waals surface area (Å²) in [5, 5.41) is 9.16. The molecule has 7 heteroatoms. The van der Waals surface area contributed by atoms with Gasteiger partial charge in [0.1, 0.15) is 5.75 Å². The molecule has 1 aromatic carbocycles. The maximum atomic E-state index is 12.9. The zero-order valence-corrected chi connectivity index (χ0v) is 12.3. The van der Waals surface area contributed by atoms with Crippen LogP contribution in [0, 0.1) is 0 Å². The molecule has 3 unspecified atom stereocenters. The molecule has 1 heterocycles. The first-order chi connectivity index (χ1) is 10.3. The number of halogens is 3. The van der Waals surface area contributed by atoms with Gasteiger partial charge in [0.15, 0.2) is 6.10 Å². The van der Waals surface area contributed by atoms with Gasteiger partial charge < -0.3 is 14.7 Å². The lowest BCUT2D eigenvalue weighted by molar-refractivity contribution is -0.154. The van der Waals surface area contributed by atoms with Crippen LogP contribution in [0.15, 0.2) is 24.3 Å². The molecular formula is C15H18F3NO3. The third kappa shape index (κ3) is 3.19. The number of alkyl halides is 3. The Morgan fingerprint density at radius 2 is 2.09 bits per heavy atom. The Balaban J connectivity index is 2.13. The van der Waals surface area contributed by atoms with Crippen molar-refractivity contribution < 1.29 is 27.8 Å². The maximum Gasteiger partial charge on any atom is 0.419 e. The number of amides is 1. The highest BCUT2D eigenvalue weighted by Crippen LogP contribution is 2.36. The minimum Gasteiger partial charge on any atom is -0.480 e. The van der Waals surface area contributed by atoms with Crippen LogP contribution in [0.1, 0.15) is 25.8 Å². The first kappa shape index (κ1) is 16.6. The summed E-state index contributed by atoms with van der Waals surface area (Å²) < 4.78 is 44.0. The van der Waals surface area contributed by atoms with E-state index in [4.69, 9.17) is 9.84 Å². The number of aliphatic hydroxyl groups excluding tert-OH is 1. The van der Waals surface area contributed by atoms with Crippen LogP contribution >= 0.6 is 0 Å². The molecule has 1 N–H and O–H groups in total. The quantitative estimate of drug-likeness (QED) is 0.928. The summed E-state index contributed by atoms with van der Waals surface area (Å²) in [6, 6.07) is 4.46. The number of nitrogens with zero attached hydrogens (tertiary/aromatic N) is 1. The Hall–Kier alpha value is -1.76. The van der Waals surface area contributed by atoms with Gasteiger partial charge in [0.2, 0.25) is 0 Å². The van der Waals surface area contributed by atoms with E-state index in [0.717, 1.165) is 6.07 Å². The van der Waals surface area contributed by atoms with Crippen molar-refractivity contribution in [2.24, 2.45) is 0 Å². The number of carbonyl (C=O) groups excluding carboxylic acids is 1. The standard InChI is InChI=1S/C15H18F3NO3/c1-9-7-11(8-20)19(9)14(21)10(2)22-13-6-4-3-5-12(13)15(16,17)18/h3-6,9-11,20H,7-8H2,1-2H3. The van der Waals surface area contributed by atoms with E-state index in [1.165, 1.54) is 30.0 Å². The van der Waals surface area contributed by atoms with Crippen LogP contribution in [-0.2, 0) is 11.0 Å². The Kier molecular flexibility index (Phi) is 4.65. The minimum atomic E-state index is -4.54. The second kappa shape index (κ2) is 6.16. The zero-order valence-electron chi connectivity index (χ0n) is 12.3. The topological polar surface area (TPSA) is 49.8 Å². The summed E-state index contributed by atoms with van der Waals surface area (Å²) in [5.41, 5.74) is -0.912. The first-order valence-electron chi connectivity index (χ1n) is 7.01. The monoisotopic (exact) mass is 317 g/mol. The van der Waals surface area contributed by atoms with Gasteiger partial charge in [-0.05, 0) is 32.4 Å². The fraction of sp³-hybridized carbons (Fsp3) is 0.533. The van der Waals surface area contributed by atoms with Crippen LogP contribution in [0.2, 0.25) is 0 Å². The number of benzene rings is 1. The summed E-state index contributed by atoms with van der Waals surface area (Å²) in [5.74, 6) is -0.792. The predicted octanol–water partition coefficient (Wildman–Crippen LogP) is 2.45. The van der Waals surface area contributed by atoms with Crippen molar-refractivity contribution in [3.8, 4) is 5.75 Å². The number of rotatable bonds is 4. The largest absolute Gasteiger partial charge is 0.480 e. The van der Waals surface area contributed by atoms with Crippen LogP contribution in [-0.4, -0.2) is 40.7 Å². The number of para-hydroxylation sites is 1. The van der Waals surface area contributed by atoms with Crippen molar-refractivity contribution in [1.29, 1.82) is 0 Å². The number of likely N-dealkylation sites (tertiary alicyclic amines) is 1. The smallest absolute Gasteiger partial charge is 0.419 e. The SMILES string of the molecule is CC(Oc1ccccc1C(F)(F)F)C(=O)N1C(C)CC1CO. The summed E-state index contributed by atoms with van der Waals surface area (Å²) in [6.45, 7) is 3.07. The van der Waals surface area contributed by atoms with Crippen molar-refractivity contribution in [2.75, 3.05) is 6.61 Å². The van der Waals surface area contributed by atoms with Crippen LogP contribution in [0.25, 0.3) is 0 Å². The van der Waals surface area contributed by atoms with E-state index < -0.39 is 23.8 Å². The summed E-state index contributed by atoms with van der Waals surface area (Å²) in [7, 11) is 0. The molecule has 4 nitrogen and oxygen atoms in total. The highest BCUT2D eigenvalue weighted by molar-refractivity contribution is 5.82. The maximum absolute atomic E-state index is 12.9. The summed E-state index contributed by atoms with van der Waals surface area (Å²) in [4.78, 5) is 13.7. The summed E-state index contributed by atoms with van der Waals surface area (Å²) >= 11 is 0. The number of carbonyl (C=O) groups is 1. The highest BCUT2D eigenvalue weighted by Gasteiger charge is 2.41. The van der Waals surface area contributed by atoms with Crippen LogP contribution in [0.3, 0.4) is 0 Å². The molecule has 0 bridgehead atoms. The summed E-state index contributed by atoms with van der Waals surface area (Å²) in [6.07, 6.45) is -4.93. The molecule has 0 spiro atoms. The second-order valence-corrected chi connectivity index (χ2v) is 5.42. The average molecular weight is 317 g/mol. The molecule has 0 aliphatic carbocycles.